The van der Waals surface area contributed by atoms with E-state index in [1.54, 1.807) is 6.26 Å². The molecule has 0 amide bonds. The van der Waals surface area contributed by atoms with Crippen molar-refractivity contribution >= 4 is 17.2 Å². The molecule has 0 saturated carbocycles. The van der Waals surface area contributed by atoms with Gasteiger partial charge in [0.25, 0.3) is 0 Å². The van der Waals surface area contributed by atoms with Gasteiger partial charge in [-0.15, -0.1) is 0 Å². The van der Waals surface area contributed by atoms with Crippen molar-refractivity contribution in [2.75, 3.05) is 7.05 Å². The van der Waals surface area contributed by atoms with Crippen LogP contribution in [0.5, 0.6) is 0 Å². The average Bonchev–Trinajstić information content (AvgIpc) is 2.48. The summed E-state index contributed by atoms with van der Waals surface area (Å²) in [7, 11) is 1.45. The van der Waals surface area contributed by atoms with E-state index in [9.17, 15) is 5.21 Å². The minimum Gasteiger partial charge on any atom is -0.624 e. The number of rotatable bonds is 1. The monoisotopic (exact) mass is 175 g/mol. The molecule has 0 unspecified atom stereocenters. The fourth-order valence-electron chi connectivity index (χ4n) is 1.29. The molecule has 66 valence electrons. The molecule has 13 heavy (non-hydrogen) atoms. The summed E-state index contributed by atoms with van der Waals surface area (Å²) in [5.74, 6) is 0. The summed E-state index contributed by atoms with van der Waals surface area (Å²) >= 11 is 0. The number of nitrogens with zero attached hydrogens (tertiary/aromatic N) is 1. The lowest BCUT2D eigenvalue weighted by Gasteiger charge is -1.92. The minimum absolute atomic E-state index is 0.761. The number of hydrogen-bond donors (Lipinski definition) is 0. The largest absolute Gasteiger partial charge is 0.624 e. The standard InChI is InChI=1S/C10H9NO2/c1-11(12)6-8-7-13-10-5-3-2-4-9(8)10/h2-7H,1H3/b11-6-. The number of para-hydroxylation sites is 1. The summed E-state index contributed by atoms with van der Waals surface area (Å²) in [5, 5.41) is 11.7. The highest BCUT2D eigenvalue weighted by atomic mass is 16.5. The zero-order chi connectivity index (χ0) is 9.26. The molecule has 0 N–H and O–H groups in total. The molecule has 0 bridgehead atoms. The summed E-state index contributed by atoms with van der Waals surface area (Å²) in [6.45, 7) is 0. The van der Waals surface area contributed by atoms with Crippen molar-refractivity contribution in [2.45, 2.75) is 0 Å². The second kappa shape index (κ2) is 2.94. The highest BCUT2D eigenvalue weighted by Crippen LogP contribution is 2.18. The zero-order valence-electron chi connectivity index (χ0n) is 7.23. The molecule has 3 heteroatoms. The first-order chi connectivity index (χ1) is 6.27. The van der Waals surface area contributed by atoms with E-state index in [4.69, 9.17) is 4.42 Å². The molecule has 0 radical (unpaired) electrons. The van der Waals surface area contributed by atoms with Crippen LogP contribution in [0.4, 0.5) is 0 Å². The van der Waals surface area contributed by atoms with Gasteiger partial charge in [0, 0.05) is 5.39 Å². The Labute approximate surface area is 75.5 Å². The van der Waals surface area contributed by atoms with Gasteiger partial charge in [0.05, 0.1) is 5.56 Å². The van der Waals surface area contributed by atoms with Crippen molar-refractivity contribution in [3.63, 3.8) is 0 Å². The Kier molecular flexibility index (Phi) is 1.77. The van der Waals surface area contributed by atoms with Gasteiger partial charge < -0.3 is 9.62 Å². The SMILES string of the molecule is C/[N+]([O-])=C/c1coc2ccccc12. The maximum atomic E-state index is 10.8. The third kappa shape index (κ3) is 1.40. The molecule has 0 atom stereocenters. The molecular formula is C10H9NO2. The van der Waals surface area contributed by atoms with Gasteiger partial charge in [-0.3, -0.25) is 0 Å². The predicted octanol–water partition coefficient (Wildman–Crippen LogP) is 1.99. The number of fused-ring (bicyclic) bond motifs is 1. The van der Waals surface area contributed by atoms with Gasteiger partial charge in [0.15, 0.2) is 6.21 Å². The lowest BCUT2D eigenvalue weighted by Crippen LogP contribution is -1.96. The summed E-state index contributed by atoms with van der Waals surface area (Å²) in [6, 6.07) is 7.61. The highest BCUT2D eigenvalue weighted by Gasteiger charge is 2.03. The Morgan fingerprint density at radius 2 is 2.15 bits per heavy atom. The van der Waals surface area contributed by atoms with Crippen LogP contribution >= 0.6 is 0 Å². The Bertz CT molecular complexity index is 453. The molecule has 2 rings (SSSR count). The third-order valence-electron chi connectivity index (χ3n) is 1.83. The molecule has 3 nitrogen and oxygen atoms in total. The fraction of sp³-hybridized carbons (Fsp3) is 0.100. The van der Waals surface area contributed by atoms with E-state index in [1.807, 2.05) is 24.3 Å². The number of hydroxylamine groups is 1. The van der Waals surface area contributed by atoms with E-state index in [-0.39, 0.29) is 0 Å². The second-order valence-corrected chi connectivity index (χ2v) is 2.86. The van der Waals surface area contributed by atoms with Crippen LogP contribution in [0.1, 0.15) is 5.56 Å². The van der Waals surface area contributed by atoms with Gasteiger partial charge >= 0.3 is 0 Å². The zero-order valence-corrected chi connectivity index (χ0v) is 7.23. The van der Waals surface area contributed by atoms with Gasteiger partial charge in [0.2, 0.25) is 0 Å². The molecule has 0 aliphatic heterocycles. The van der Waals surface area contributed by atoms with Crippen molar-refractivity contribution < 1.29 is 9.16 Å². The van der Waals surface area contributed by atoms with Crippen molar-refractivity contribution in [3.05, 3.63) is 41.3 Å². The molecule has 1 aromatic carbocycles. The van der Waals surface area contributed by atoms with Crippen molar-refractivity contribution in [2.24, 2.45) is 0 Å². The quantitative estimate of drug-likeness (QED) is 0.288. The molecule has 0 saturated heterocycles. The topological polar surface area (TPSA) is 39.2 Å². The lowest BCUT2D eigenvalue weighted by molar-refractivity contribution is -0.416. The van der Waals surface area contributed by atoms with E-state index in [0.29, 0.717) is 0 Å². The minimum atomic E-state index is 0.761. The first-order valence-electron chi connectivity index (χ1n) is 3.98. The van der Waals surface area contributed by atoms with Gasteiger partial charge in [-0.05, 0) is 6.07 Å². The van der Waals surface area contributed by atoms with Crippen LogP contribution in [0.2, 0.25) is 0 Å². The molecule has 1 aromatic heterocycles. The Morgan fingerprint density at radius 1 is 1.38 bits per heavy atom. The van der Waals surface area contributed by atoms with Crippen LogP contribution in [-0.4, -0.2) is 18.0 Å². The van der Waals surface area contributed by atoms with Crippen LogP contribution in [-0.2, 0) is 0 Å². The number of benzene rings is 1. The van der Waals surface area contributed by atoms with Crippen LogP contribution in [0.3, 0.4) is 0 Å². The molecule has 1 heterocycles. The van der Waals surface area contributed by atoms with Crippen LogP contribution < -0.4 is 0 Å². The number of hydrogen-bond acceptors (Lipinski definition) is 2. The molecule has 0 aliphatic carbocycles. The van der Waals surface area contributed by atoms with E-state index < -0.39 is 0 Å². The summed E-state index contributed by atoms with van der Waals surface area (Å²) < 4.78 is 6.01. The van der Waals surface area contributed by atoms with Gasteiger partial charge in [-0.2, -0.15) is 0 Å². The summed E-state index contributed by atoms with van der Waals surface area (Å²) in [5.41, 5.74) is 1.61. The van der Waals surface area contributed by atoms with E-state index in [0.717, 1.165) is 21.3 Å². The van der Waals surface area contributed by atoms with Crippen LogP contribution in [0.15, 0.2) is 34.9 Å². The van der Waals surface area contributed by atoms with Crippen molar-refractivity contribution in [3.8, 4) is 0 Å². The maximum Gasteiger partial charge on any atom is 0.185 e. The first kappa shape index (κ1) is 7.86. The molecule has 2 aromatic rings. The number of furan rings is 1. The smallest absolute Gasteiger partial charge is 0.185 e. The van der Waals surface area contributed by atoms with Gasteiger partial charge in [0.1, 0.15) is 18.9 Å². The predicted molar refractivity (Wildman–Crippen MR) is 50.9 cm³/mol. The van der Waals surface area contributed by atoms with Gasteiger partial charge in [-0.25, -0.2) is 4.74 Å². The average molecular weight is 175 g/mol. The molecule has 0 aliphatic rings. The van der Waals surface area contributed by atoms with Gasteiger partial charge in [-0.1, -0.05) is 18.2 Å². The Hall–Kier alpha value is -1.77. The first-order valence-corrected chi connectivity index (χ1v) is 3.98. The van der Waals surface area contributed by atoms with Crippen LogP contribution in [0.25, 0.3) is 11.0 Å². The second-order valence-electron chi connectivity index (χ2n) is 2.86. The van der Waals surface area contributed by atoms with Crippen molar-refractivity contribution in [1.29, 1.82) is 0 Å². The fourth-order valence-corrected chi connectivity index (χ4v) is 1.29. The lowest BCUT2D eigenvalue weighted by atomic mass is 10.2. The third-order valence-corrected chi connectivity index (χ3v) is 1.83. The van der Waals surface area contributed by atoms with E-state index in [1.165, 1.54) is 13.3 Å². The Morgan fingerprint density at radius 3 is 2.92 bits per heavy atom. The summed E-state index contributed by atoms with van der Waals surface area (Å²) in [4.78, 5) is 0. The maximum absolute atomic E-state index is 10.8. The molecule has 0 spiro atoms. The molecular weight excluding hydrogens is 166 g/mol. The molecule has 0 fully saturated rings. The normalized spacial score (nSPS) is 12.2. The van der Waals surface area contributed by atoms with E-state index >= 15 is 0 Å². The van der Waals surface area contributed by atoms with E-state index in [2.05, 4.69) is 0 Å². The van der Waals surface area contributed by atoms with Crippen molar-refractivity contribution in [1.82, 2.24) is 0 Å². The highest BCUT2D eigenvalue weighted by molar-refractivity contribution is 5.96. The summed E-state index contributed by atoms with van der Waals surface area (Å²) in [6.07, 6.45) is 3.07. The Balaban J connectivity index is 2.65. The van der Waals surface area contributed by atoms with Crippen LogP contribution in [0, 0.1) is 5.21 Å².